The van der Waals surface area contributed by atoms with Crippen LogP contribution >= 0.6 is 11.6 Å². The molecule has 2 aromatic heterocycles. The molecule has 1 saturated heterocycles. The van der Waals surface area contributed by atoms with E-state index in [2.05, 4.69) is 31.5 Å². The molecule has 4 aromatic rings. The van der Waals surface area contributed by atoms with Gasteiger partial charge in [0.25, 0.3) is 5.56 Å². The van der Waals surface area contributed by atoms with Crippen LogP contribution in [0.4, 0.5) is 11.5 Å². The molecule has 5 rings (SSSR count). The third-order valence-electron chi connectivity index (χ3n) is 7.95. The highest BCUT2D eigenvalue weighted by atomic mass is 35.5. The van der Waals surface area contributed by atoms with Gasteiger partial charge >= 0.3 is 0 Å². The maximum Gasteiger partial charge on any atom is 0.275 e. The molecule has 1 aliphatic heterocycles. The average molecular weight is 581 g/mol. The lowest BCUT2D eigenvalue weighted by Crippen LogP contribution is -2.54. The van der Waals surface area contributed by atoms with Crippen molar-refractivity contribution in [2.45, 2.75) is 39.7 Å². The number of fused-ring (bicyclic) bond motifs is 1. The molecule has 0 aliphatic carbocycles. The molecule has 0 saturated carbocycles. The number of nitriles is 1. The summed E-state index contributed by atoms with van der Waals surface area (Å²) in [4.78, 5) is 34.9. The number of aryl methyl sites for hydroxylation is 1. The van der Waals surface area contributed by atoms with Crippen LogP contribution in [0.2, 0.25) is 5.02 Å². The molecule has 1 aliphatic rings. The van der Waals surface area contributed by atoms with Crippen molar-refractivity contribution < 1.29 is 4.79 Å². The average Bonchev–Trinajstić information content (AvgIpc) is 2.96. The number of piperazine rings is 1. The van der Waals surface area contributed by atoms with E-state index in [1.165, 1.54) is 6.08 Å². The topological polar surface area (TPSA) is 108 Å². The number of amides is 1. The maximum absolute atomic E-state index is 14.4. The molecular formula is C33H33ClN6O2. The Morgan fingerprint density at radius 3 is 2.57 bits per heavy atom. The molecule has 8 nitrogen and oxygen atoms in total. The van der Waals surface area contributed by atoms with Crippen LogP contribution in [-0.4, -0.2) is 46.0 Å². The Bertz CT molecular complexity index is 1840. The van der Waals surface area contributed by atoms with Crippen molar-refractivity contribution in [2.75, 3.05) is 30.3 Å². The van der Waals surface area contributed by atoms with E-state index >= 15 is 0 Å². The second-order valence-corrected chi connectivity index (χ2v) is 11.3. The molecule has 0 spiro atoms. The predicted octanol–water partition coefficient (Wildman–Crippen LogP) is 5.81. The summed E-state index contributed by atoms with van der Waals surface area (Å²) in [5.74, 6) is 0.381. The molecule has 0 unspecified atom stereocenters. The number of nitrogen functional groups attached to an aromatic ring is 1. The third-order valence-corrected chi connectivity index (χ3v) is 8.26. The Labute approximate surface area is 250 Å². The minimum absolute atomic E-state index is 0.0329. The van der Waals surface area contributed by atoms with Gasteiger partial charge < -0.3 is 15.5 Å². The highest BCUT2D eigenvalue weighted by Gasteiger charge is 2.31. The lowest BCUT2D eigenvalue weighted by atomic mass is 9.97. The molecule has 2 N–H and O–H groups in total. The summed E-state index contributed by atoms with van der Waals surface area (Å²) in [6.45, 7) is 12.9. The van der Waals surface area contributed by atoms with Crippen LogP contribution < -0.4 is 16.2 Å². The molecule has 0 bridgehead atoms. The SMILES string of the molecule is C=CC(=O)N1CCN(c2c(C#N)c(=O)n(-c3ccccc3C(C)C)c3cc(-c4ccc(N)nc4C)c(Cl)cc23)[C@@H](C)C1. The van der Waals surface area contributed by atoms with Crippen molar-refractivity contribution >= 4 is 39.9 Å². The summed E-state index contributed by atoms with van der Waals surface area (Å²) in [5.41, 5.74) is 10.6. The first-order valence-electron chi connectivity index (χ1n) is 13.9. The minimum atomic E-state index is -0.412. The number of nitrogens with two attached hydrogens (primary N) is 1. The van der Waals surface area contributed by atoms with Gasteiger partial charge in [0.15, 0.2) is 0 Å². The number of carbonyl (C=O) groups is 1. The zero-order chi connectivity index (χ0) is 30.3. The number of nitrogens with zero attached hydrogens (tertiary/aromatic N) is 5. The van der Waals surface area contributed by atoms with Gasteiger partial charge in [-0.05, 0) is 61.7 Å². The first-order chi connectivity index (χ1) is 20.1. The maximum atomic E-state index is 14.4. The number of aromatic nitrogens is 2. The normalized spacial score (nSPS) is 15.2. The number of halogens is 1. The third kappa shape index (κ3) is 4.90. The Morgan fingerprint density at radius 2 is 1.93 bits per heavy atom. The van der Waals surface area contributed by atoms with Crippen LogP contribution in [-0.2, 0) is 4.79 Å². The van der Waals surface area contributed by atoms with Crippen molar-refractivity contribution in [3.63, 3.8) is 0 Å². The first-order valence-corrected chi connectivity index (χ1v) is 14.3. The Morgan fingerprint density at radius 1 is 1.19 bits per heavy atom. The zero-order valence-corrected chi connectivity index (χ0v) is 24.9. The van der Waals surface area contributed by atoms with Crippen molar-refractivity contribution in [1.29, 1.82) is 5.26 Å². The fourth-order valence-corrected chi connectivity index (χ4v) is 6.17. The van der Waals surface area contributed by atoms with E-state index in [1.54, 1.807) is 15.5 Å². The van der Waals surface area contributed by atoms with E-state index in [9.17, 15) is 14.9 Å². The molecule has 9 heteroatoms. The minimum Gasteiger partial charge on any atom is -0.384 e. The molecule has 0 radical (unpaired) electrons. The van der Waals surface area contributed by atoms with Crippen LogP contribution in [0.1, 0.15) is 43.5 Å². The van der Waals surface area contributed by atoms with E-state index in [1.807, 2.05) is 61.2 Å². The molecule has 1 atom stereocenters. The van der Waals surface area contributed by atoms with E-state index in [-0.39, 0.29) is 23.4 Å². The van der Waals surface area contributed by atoms with Crippen LogP contribution in [0.5, 0.6) is 0 Å². The standard InChI is InChI=1S/C33H33ClN6O2/c1-6-31(41)38-13-14-39(20(4)18-38)32-25-15-27(34)24(23-11-12-30(36)37-21(23)5)16-29(25)40(33(42)26(32)17-35)28-10-8-7-9-22(28)19(2)3/h6-12,15-16,19-20H,1,13-14,18H2,2-5H3,(H2,36,37)/t20-/m0/s1. The highest BCUT2D eigenvalue weighted by molar-refractivity contribution is 6.34. The fraction of sp³-hybridized carbons (Fsp3) is 0.273. The van der Waals surface area contributed by atoms with E-state index < -0.39 is 5.56 Å². The molecule has 1 amide bonds. The van der Waals surface area contributed by atoms with Crippen LogP contribution in [0.3, 0.4) is 0 Å². The van der Waals surface area contributed by atoms with E-state index in [0.29, 0.717) is 64.0 Å². The van der Waals surface area contributed by atoms with Crippen molar-refractivity contribution in [3.8, 4) is 22.9 Å². The fourth-order valence-electron chi connectivity index (χ4n) is 5.90. The summed E-state index contributed by atoms with van der Waals surface area (Å²) < 4.78 is 1.63. The second-order valence-electron chi connectivity index (χ2n) is 10.9. The Hall–Kier alpha value is -4.61. The van der Waals surface area contributed by atoms with E-state index in [4.69, 9.17) is 17.3 Å². The number of rotatable bonds is 5. The second kappa shape index (κ2) is 11.3. The van der Waals surface area contributed by atoms with Gasteiger partial charge in [0, 0.05) is 52.9 Å². The molecule has 42 heavy (non-hydrogen) atoms. The van der Waals surface area contributed by atoms with Gasteiger partial charge in [-0.15, -0.1) is 0 Å². The molecular weight excluding hydrogens is 548 g/mol. The summed E-state index contributed by atoms with van der Waals surface area (Å²) >= 11 is 6.98. The van der Waals surface area contributed by atoms with Crippen molar-refractivity contribution in [3.05, 3.63) is 93.4 Å². The molecule has 1 fully saturated rings. The van der Waals surface area contributed by atoms with Gasteiger partial charge in [0.2, 0.25) is 5.91 Å². The number of carbonyl (C=O) groups excluding carboxylic acids is 1. The van der Waals surface area contributed by atoms with Gasteiger partial charge in [0.1, 0.15) is 17.5 Å². The summed E-state index contributed by atoms with van der Waals surface area (Å²) in [6.07, 6.45) is 1.31. The van der Waals surface area contributed by atoms with Gasteiger partial charge in [-0.25, -0.2) is 4.98 Å². The summed E-state index contributed by atoms with van der Waals surface area (Å²) in [5, 5.41) is 11.6. The predicted molar refractivity (Wildman–Crippen MR) is 169 cm³/mol. The van der Waals surface area contributed by atoms with Crippen molar-refractivity contribution in [2.24, 2.45) is 0 Å². The van der Waals surface area contributed by atoms with Gasteiger partial charge in [0.05, 0.1) is 16.9 Å². The zero-order valence-electron chi connectivity index (χ0n) is 24.2. The number of hydrogen-bond donors (Lipinski definition) is 1. The monoisotopic (exact) mass is 580 g/mol. The number of pyridine rings is 2. The van der Waals surface area contributed by atoms with E-state index in [0.717, 1.165) is 11.1 Å². The summed E-state index contributed by atoms with van der Waals surface area (Å²) in [6, 6.07) is 17.1. The Balaban J connectivity index is 1.87. The van der Waals surface area contributed by atoms with Crippen LogP contribution in [0, 0.1) is 18.3 Å². The smallest absolute Gasteiger partial charge is 0.275 e. The van der Waals surface area contributed by atoms with Crippen molar-refractivity contribution in [1.82, 2.24) is 14.5 Å². The largest absolute Gasteiger partial charge is 0.384 e. The first kappa shape index (κ1) is 28.9. The van der Waals surface area contributed by atoms with Gasteiger partial charge in [-0.1, -0.05) is 50.2 Å². The summed E-state index contributed by atoms with van der Waals surface area (Å²) in [7, 11) is 0. The molecule has 2 aromatic carbocycles. The lowest BCUT2D eigenvalue weighted by molar-refractivity contribution is -0.126. The molecule has 214 valence electrons. The van der Waals surface area contributed by atoms with Gasteiger partial charge in [-0.2, -0.15) is 5.26 Å². The number of benzene rings is 2. The quantitative estimate of drug-likeness (QED) is 0.298. The van der Waals surface area contributed by atoms with Crippen LogP contribution in [0.25, 0.3) is 27.7 Å². The molecule has 3 heterocycles. The lowest BCUT2D eigenvalue weighted by Gasteiger charge is -2.41. The number of para-hydroxylation sites is 1. The Kier molecular flexibility index (Phi) is 7.81. The highest BCUT2D eigenvalue weighted by Crippen LogP contribution is 2.40. The number of anilines is 2. The van der Waals surface area contributed by atoms with Crippen LogP contribution in [0.15, 0.2) is 66.0 Å². The van der Waals surface area contributed by atoms with Gasteiger partial charge in [-0.3, -0.25) is 14.2 Å². The number of hydrogen-bond acceptors (Lipinski definition) is 6.